The van der Waals surface area contributed by atoms with Gasteiger partial charge in [0, 0.05) is 106 Å². The number of ketones is 2. The van der Waals surface area contributed by atoms with E-state index >= 15 is 0 Å². The number of benzene rings is 4. The minimum absolute atomic E-state index is 0.0225. The standard InChI is InChI=1S/C59H65N5O13/c1-72-19-20-74-22-21-73-18-16-62(15-6-11-57(69)75-17-14-41-28-45(65)12-13-52(41)66)42-24-37(35-76-55-31-48-46(29-53(55)67)58(70)63-43(33-60-48)26-39-7-2-4-9-50(39)63)23-38(25-42)36-77-56-32-49-47(30-54(56)68)59(71)64-44(34-61-49)27-40-8-3-5-10-51(40)64/h2-5,7-10,23-24,29-32,34,38,41,43-44,60,67-68H,6,11-22,25-28,33,35-36H2,1H3/t38?,41?,43-,44-/m0/s1. The maximum Gasteiger partial charge on any atom is 0.305 e. The van der Waals surface area contributed by atoms with Gasteiger partial charge in [-0.1, -0.05) is 42.5 Å². The Morgan fingerprint density at radius 3 is 2.29 bits per heavy atom. The van der Waals surface area contributed by atoms with Gasteiger partial charge >= 0.3 is 5.97 Å². The van der Waals surface area contributed by atoms with Gasteiger partial charge in [0.1, 0.15) is 18.2 Å². The van der Waals surface area contributed by atoms with Crippen molar-refractivity contribution in [2.75, 3.05) is 94.7 Å². The van der Waals surface area contributed by atoms with E-state index in [-0.39, 0.29) is 115 Å². The number of para-hydroxylation sites is 2. The lowest BCUT2D eigenvalue weighted by molar-refractivity contribution is -0.145. The summed E-state index contributed by atoms with van der Waals surface area (Å²) >= 11 is 0. The number of carbonyl (C=O) groups is 5. The molecule has 0 radical (unpaired) electrons. The van der Waals surface area contributed by atoms with Gasteiger partial charge in [0.05, 0.1) is 80.8 Å². The predicted molar refractivity (Wildman–Crippen MR) is 287 cm³/mol. The van der Waals surface area contributed by atoms with Crippen LogP contribution in [0.5, 0.6) is 23.0 Å². The first kappa shape index (κ1) is 52.9. The first-order valence-corrected chi connectivity index (χ1v) is 26.6. The molecule has 0 aromatic heterocycles. The highest BCUT2D eigenvalue weighted by Gasteiger charge is 2.39. The van der Waals surface area contributed by atoms with Gasteiger partial charge in [-0.25, -0.2) is 0 Å². The molecule has 4 aromatic rings. The van der Waals surface area contributed by atoms with E-state index in [1.165, 1.54) is 12.1 Å². The second-order valence-corrected chi connectivity index (χ2v) is 20.3. The number of phenolic OH excluding ortho intramolecular Hbond substituents is 2. The lowest BCUT2D eigenvalue weighted by Crippen LogP contribution is -2.39. The molecule has 0 spiro atoms. The number of methoxy groups -OCH3 is 1. The van der Waals surface area contributed by atoms with E-state index in [2.05, 4.69) is 10.2 Å². The third-order valence-electron chi connectivity index (χ3n) is 15.0. The van der Waals surface area contributed by atoms with E-state index in [1.54, 1.807) is 35.3 Å². The highest BCUT2D eigenvalue weighted by Crippen LogP contribution is 2.43. The van der Waals surface area contributed by atoms with E-state index in [0.717, 1.165) is 33.8 Å². The number of carbonyl (C=O) groups excluding carboxylic acids is 5. The quantitative estimate of drug-likeness (QED) is 0.0377. The molecule has 1 saturated carbocycles. The molecular weight excluding hydrogens is 987 g/mol. The van der Waals surface area contributed by atoms with E-state index < -0.39 is 11.9 Å². The molecule has 0 bridgehead atoms. The van der Waals surface area contributed by atoms with Crippen molar-refractivity contribution in [3.63, 3.8) is 0 Å². The second kappa shape index (κ2) is 24.2. The van der Waals surface area contributed by atoms with Crippen LogP contribution in [0, 0.1) is 11.8 Å². The normalized spacial score (nSPS) is 20.1. The predicted octanol–water partition coefficient (Wildman–Crippen LogP) is 7.30. The summed E-state index contributed by atoms with van der Waals surface area (Å²) < 4.78 is 35.1. The molecule has 1 fully saturated rings. The van der Waals surface area contributed by atoms with Gasteiger partial charge in [0.25, 0.3) is 11.8 Å². The minimum atomic E-state index is -0.417. The van der Waals surface area contributed by atoms with Gasteiger partial charge in [-0.15, -0.1) is 0 Å². The van der Waals surface area contributed by atoms with Crippen LogP contribution in [0.3, 0.4) is 0 Å². The molecule has 6 aliphatic rings. The van der Waals surface area contributed by atoms with Crippen molar-refractivity contribution in [2.24, 2.45) is 16.8 Å². The lowest BCUT2D eigenvalue weighted by atomic mass is 9.85. The summed E-state index contributed by atoms with van der Waals surface area (Å²) in [4.78, 5) is 75.9. The largest absolute Gasteiger partial charge is 0.504 e. The molecule has 404 valence electrons. The van der Waals surface area contributed by atoms with Crippen LogP contribution in [0.25, 0.3) is 0 Å². The molecule has 18 heteroatoms. The third-order valence-corrected chi connectivity index (χ3v) is 15.0. The number of amides is 2. The van der Waals surface area contributed by atoms with Gasteiger partial charge < -0.3 is 53.8 Å². The number of Topliss-reactive ketones (excluding diaryl/α,β-unsaturated/α-hetero) is 2. The van der Waals surface area contributed by atoms with Crippen molar-refractivity contribution >= 4 is 58.3 Å². The minimum Gasteiger partial charge on any atom is -0.504 e. The zero-order chi connectivity index (χ0) is 53.4. The van der Waals surface area contributed by atoms with Crippen LogP contribution in [-0.4, -0.2) is 142 Å². The Bertz CT molecular complexity index is 2990. The Balaban J connectivity index is 0.865. The summed E-state index contributed by atoms with van der Waals surface area (Å²) in [6.45, 7) is 3.59. The van der Waals surface area contributed by atoms with Crippen LogP contribution < -0.4 is 24.6 Å². The number of aliphatic imine (C=N–C) groups is 1. The average Bonchev–Trinajstić information content (AvgIpc) is 4.09. The van der Waals surface area contributed by atoms with Gasteiger partial charge in [-0.3, -0.25) is 33.9 Å². The van der Waals surface area contributed by atoms with Crippen LogP contribution in [0.15, 0.2) is 101 Å². The highest BCUT2D eigenvalue weighted by molar-refractivity contribution is 6.15. The molecule has 4 atom stereocenters. The van der Waals surface area contributed by atoms with Crippen LogP contribution in [0.4, 0.5) is 22.7 Å². The number of rotatable bonds is 23. The number of ether oxygens (including phenoxy) is 6. The molecule has 0 saturated heterocycles. The van der Waals surface area contributed by atoms with Crippen molar-refractivity contribution in [2.45, 2.75) is 69.9 Å². The molecule has 4 aliphatic heterocycles. The number of nitrogens with one attached hydrogen (secondary N) is 1. The van der Waals surface area contributed by atoms with Crippen LogP contribution >= 0.6 is 0 Å². The number of anilines is 3. The summed E-state index contributed by atoms with van der Waals surface area (Å²) in [5.41, 5.74) is 7.03. The van der Waals surface area contributed by atoms with Gasteiger partial charge in [0.2, 0.25) is 0 Å². The molecule has 77 heavy (non-hydrogen) atoms. The fourth-order valence-electron chi connectivity index (χ4n) is 11.1. The number of hydrogen-bond donors (Lipinski definition) is 3. The van der Waals surface area contributed by atoms with E-state index in [0.29, 0.717) is 102 Å². The number of esters is 1. The smallest absolute Gasteiger partial charge is 0.305 e. The van der Waals surface area contributed by atoms with Gasteiger partial charge in [-0.2, -0.15) is 0 Å². The number of nitrogens with zero attached hydrogens (tertiary/aromatic N) is 4. The van der Waals surface area contributed by atoms with E-state index in [1.807, 2.05) is 60.7 Å². The van der Waals surface area contributed by atoms with Gasteiger partial charge in [0.15, 0.2) is 23.0 Å². The Hall–Kier alpha value is -7.54. The Kier molecular flexibility index (Phi) is 16.6. The number of fused-ring (bicyclic) bond motifs is 8. The van der Waals surface area contributed by atoms with Crippen molar-refractivity contribution in [3.05, 3.63) is 118 Å². The summed E-state index contributed by atoms with van der Waals surface area (Å²) in [5, 5.41) is 26.3. The molecule has 4 heterocycles. The van der Waals surface area contributed by atoms with Gasteiger partial charge in [-0.05, 0) is 72.7 Å². The number of hydrogen-bond acceptors (Lipinski definition) is 16. The van der Waals surface area contributed by atoms with Crippen LogP contribution in [0.2, 0.25) is 0 Å². The zero-order valence-corrected chi connectivity index (χ0v) is 43.3. The van der Waals surface area contributed by atoms with Crippen molar-refractivity contribution in [1.82, 2.24) is 4.90 Å². The van der Waals surface area contributed by atoms with Crippen LogP contribution in [-0.2, 0) is 46.2 Å². The maximum atomic E-state index is 14.1. The molecule has 10 rings (SSSR count). The average molecular weight is 1050 g/mol. The topological polar surface area (TPSA) is 215 Å². The van der Waals surface area contributed by atoms with E-state index in [9.17, 15) is 34.2 Å². The van der Waals surface area contributed by atoms with Crippen molar-refractivity contribution in [3.8, 4) is 23.0 Å². The van der Waals surface area contributed by atoms with Crippen molar-refractivity contribution in [1.29, 1.82) is 0 Å². The lowest BCUT2D eigenvalue weighted by Gasteiger charge is -2.32. The summed E-state index contributed by atoms with van der Waals surface area (Å²) in [7, 11) is 1.61. The Labute approximate surface area is 447 Å². The molecule has 2 amide bonds. The summed E-state index contributed by atoms with van der Waals surface area (Å²) in [6.07, 6.45) is 9.20. The Morgan fingerprint density at radius 1 is 0.766 bits per heavy atom. The van der Waals surface area contributed by atoms with Crippen LogP contribution in [0.1, 0.15) is 76.8 Å². The molecule has 3 N–H and O–H groups in total. The second-order valence-electron chi connectivity index (χ2n) is 20.3. The first-order chi connectivity index (χ1) is 37.5. The molecule has 2 aliphatic carbocycles. The fourth-order valence-corrected chi connectivity index (χ4v) is 11.1. The molecule has 2 unspecified atom stereocenters. The zero-order valence-electron chi connectivity index (χ0n) is 43.3. The number of allylic oxidation sites excluding steroid dienone is 1. The summed E-state index contributed by atoms with van der Waals surface area (Å²) in [6, 6.07) is 21.4. The SMILES string of the molecule is COCCOCCOCCN(CCCC(=O)OCCC1CC(=O)CCC1=O)C1=CC(COc2cc3c(cc2O)C(=O)N2c4ccccc4C[C@H]2CN3)=CC(COc2cc3c(cc2O)C(=O)N2c4ccccc4C[C@H]2C=N3)C1. The van der Waals surface area contributed by atoms with Crippen molar-refractivity contribution < 1.29 is 62.6 Å². The number of phenols is 2. The Morgan fingerprint density at radius 2 is 1.48 bits per heavy atom. The van der Waals surface area contributed by atoms with E-state index in [4.69, 9.17) is 33.4 Å². The molecule has 18 nitrogen and oxygen atoms in total. The summed E-state index contributed by atoms with van der Waals surface area (Å²) in [5.74, 6) is -1.53. The monoisotopic (exact) mass is 1050 g/mol. The maximum absolute atomic E-state index is 14.1. The fraction of sp³-hybridized carbons (Fsp3) is 0.424. The molecule has 4 aromatic carbocycles. The third kappa shape index (κ3) is 12.2. The number of aromatic hydroxyl groups is 2. The highest BCUT2D eigenvalue weighted by atomic mass is 16.5. The molecular formula is C59H65N5O13. The first-order valence-electron chi connectivity index (χ1n) is 26.6.